The van der Waals surface area contributed by atoms with Gasteiger partial charge in [-0.2, -0.15) is 0 Å². The number of esters is 4. The lowest BCUT2D eigenvalue weighted by atomic mass is 9.52. The fourth-order valence-electron chi connectivity index (χ4n) is 6.85. The Morgan fingerprint density at radius 2 is 1.70 bits per heavy atom. The largest absolute Gasteiger partial charge is 0.459 e. The molecule has 1 saturated carbocycles. The summed E-state index contributed by atoms with van der Waals surface area (Å²) in [5.74, 6) is -5.48. The highest BCUT2D eigenvalue weighted by Gasteiger charge is 2.79. The molecule has 2 heterocycles. The second kappa shape index (κ2) is 10.4. The third kappa shape index (κ3) is 4.64. The van der Waals surface area contributed by atoms with Gasteiger partial charge in [0.15, 0.2) is 17.8 Å². The van der Waals surface area contributed by atoms with E-state index in [4.69, 9.17) is 35.3 Å². The van der Waals surface area contributed by atoms with Crippen LogP contribution in [0.3, 0.4) is 0 Å². The normalized spacial score (nSPS) is 46.6. The van der Waals surface area contributed by atoms with Crippen LogP contribution in [0.4, 0.5) is 0 Å². The lowest BCUT2D eigenvalue weighted by molar-refractivity contribution is -0.258. The van der Waals surface area contributed by atoms with E-state index in [0.29, 0.717) is 6.42 Å². The van der Waals surface area contributed by atoms with Crippen LogP contribution in [0.1, 0.15) is 54.4 Å². The zero-order valence-corrected chi connectivity index (χ0v) is 24.2. The van der Waals surface area contributed by atoms with E-state index < -0.39 is 94.3 Å². The summed E-state index contributed by atoms with van der Waals surface area (Å²) in [6, 6.07) is 0. The maximum atomic E-state index is 12.9. The van der Waals surface area contributed by atoms with Gasteiger partial charge in [0, 0.05) is 31.6 Å². The van der Waals surface area contributed by atoms with Gasteiger partial charge in [0.2, 0.25) is 0 Å². The summed E-state index contributed by atoms with van der Waals surface area (Å²) in [6.45, 7) is 12.5. The number of epoxide rings is 1. The Kier molecular flexibility index (Phi) is 7.94. The molecule has 222 valence electrons. The molecule has 4 aliphatic rings. The first kappa shape index (κ1) is 30.5. The maximum absolute atomic E-state index is 12.9. The van der Waals surface area contributed by atoms with Crippen LogP contribution in [0.25, 0.3) is 0 Å². The maximum Gasteiger partial charge on any atom is 0.312 e. The monoisotopic (exact) mass is 584 g/mol. The molecule has 0 bridgehead atoms. The van der Waals surface area contributed by atoms with Gasteiger partial charge in [0.05, 0.1) is 17.4 Å². The molecule has 12 heteroatoms. The van der Waals surface area contributed by atoms with Crippen molar-refractivity contribution in [2.75, 3.05) is 0 Å². The SMILES string of the molecule is C=C1/C=C\[C@H](OC(C)=O)[C@@]2(C)[C@H]3O[C@H]3[C@@H](OC(=O)CCC)[C@@](C)(O)[C@@H]2[C@H](OC(C)=O)[C@]2(O)[C@@H](C)C(=O)O[C@H]2[C@@H]1Cl. The van der Waals surface area contributed by atoms with Crippen LogP contribution < -0.4 is 0 Å². The molecule has 0 aromatic heterocycles. The van der Waals surface area contributed by atoms with Crippen LogP contribution in [0.5, 0.6) is 0 Å². The van der Waals surface area contributed by atoms with Gasteiger partial charge in [0.1, 0.15) is 23.9 Å². The van der Waals surface area contributed by atoms with Crippen molar-refractivity contribution in [3.05, 3.63) is 24.3 Å². The second-order valence-electron chi connectivity index (χ2n) is 11.6. The predicted octanol–water partition coefficient (Wildman–Crippen LogP) is 1.74. The number of carbonyl (C=O) groups is 4. The number of hydrogen-bond donors (Lipinski definition) is 2. The first-order valence-corrected chi connectivity index (χ1v) is 13.8. The average molecular weight is 585 g/mol. The summed E-state index contributed by atoms with van der Waals surface area (Å²) in [7, 11) is 0. The minimum absolute atomic E-state index is 0.0829. The van der Waals surface area contributed by atoms with Gasteiger partial charge in [-0.1, -0.05) is 26.5 Å². The number of aliphatic hydroxyl groups is 2. The Labute approximate surface area is 237 Å². The van der Waals surface area contributed by atoms with E-state index >= 15 is 0 Å². The van der Waals surface area contributed by atoms with Gasteiger partial charge in [0.25, 0.3) is 0 Å². The molecule has 11 nitrogen and oxygen atoms in total. The van der Waals surface area contributed by atoms with Crippen LogP contribution >= 0.6 is 11.6 Å². The molecular weight excluding hydrogens is 548 g/mol. The zero-order chi connectivity index (χ0) is 29.9. The molecule has 2 aliphatic heterocycles. The molecule has 2 saturated heterocycles. The van der Waals surface area contributed by atoms with Crippen molar-refractivity contribution in [2.45, 2.75) is 108 Å². The summed E-state index contributed by atoms with van der Waals surface area (Å²) >= 11 is 6.70. The van der Waals surface area contributed by atoms with Crippen LogP contribution in [-0.2, 0) is 42.9 Å². The summed E-state index contributed by atoms with van der Waals surface area (Å²) < 4.78 is 28.8. The molecule has 0 spiro atoms. The van der Waals surface area contributed by atoms with Crippen LogP contribution in [-0.4, -0.2) is 87.3 Å². The Hall–Kier alpha value is -2.47. The van der Waals surface area contributed by atoms with E-state index in [1.54, 1.807) is 13.8 Å². The molecule has 0 radical (unpaired) electrons. The molecule has 12 atom stereocenters. The smallest absolute Gasteiger partial charge is 0.312 e. The molecule has 0 unspecified atom stereocenters. The summed E-state index contributed by atoms with van der Waals surface area (Å²) in [4.78, 5) is 50.5. The molecule has 3 fully saturated rings. The predicted molar refractivity (Wildman–Crippen MR) is 139 cm³/mol. The number of hydrogen-bond acceptors (Lipinski definition) is 11. The van der Waals surface area contributed by atoms with E-state index in [2.05, 4.69) is 6.58 Å². The van der Waals surface area contributed by atoms with Crippen molar-refractivity contribution >= 4 is 35.5 Å². The summed E-state index contributed by atoms with van der Waals surface area (Å²) in [5.41, 5.74) is -5.50. The first-order chi connectivity index (χ1) is 18.5. The number of halogens is 1. The molecule has 2 N–H and O–H groups in total. The summed E-state index contributed by atoms with van der Waals surface area (Å²) in [6.07, 6.45) is -3.44. The highest BCUT2D eigenvalue weighted by atomic mass is 35.5. The molecule has 4 rings (SSSR count). The Morgan fingerprint density at radius 1 is 1.07 bits per heavy atom. The number of allylic oxidation sites excluding steroid dienone is 1. The van der Waals surface area contributed by atoms with Crippen LogP contribution in [0.15, 0.2) is 24.3 Å². The molecule has 0 aromatic rings. The number of rotatable bonds is 5. The Balaban J connectivity index is 2.01. The number of carbonyl (C=O) groups excluding carboxylic acids is 4. The lowest BCUT2D eigenvalue weighted by Gasteiger charge is -2.57. The van der Waals surface area contributed by atoms with Crippen molar-refractivity contribution in [1.29, 1.82) is 0 Å². The van der Waals surface area contributed by atoms with Crippen molar-refractivity contribution in [2.24, 2.45) is 17.3 Å². The minimum Gasteiger partial charge on any atom is -0.459 e. The average Bonchev–Trinajstić information content (AvgIpc) is 3.62. The minimum atomic E-state index is -2.29. The Morgan fingerprint density at radius 3 is 2.27 bits per heavy atom. The molecule has 2 aliphatic carbocycles. The van der Waals surface area contributed by atoms with Gasteiger partial charge in [-0.25, -0.2) is 0 Å². The van der Waals surface area contributed by atoms with E-state index in [1.807, 2.05) is 0 Å². The van der Waals surface area contributed by atoms with Gasteiger partial charge in [-0.3, -0.25) is 19.2 Å². The van der Waals surface area contributed by atoms with Crippen LogP contribution in [0, 0.1) is 17.3 Å². The van der Waals surface area contributed by atoms with Gasteiger partial charge in [-0.15, -0.1) is 11.6 Å². The first-order valence-electron chi connectivity index (χ1n) is 13.4. The highest BCUT2D eigenvalue weighted by molar-refractivity contribution is 6.23. The fraction of sp³-hybridized carbons (Fsp3) is 0.714. The van der Waals surface area contributed by atoms with E-state index in [9.17, 15) is 29.4 Å². The van der Waals surface area contributed by atoms with Gasteiger partial charge >= 0.3 is 23.9 Å². The fourth-order valence-corrected chi connectivity index (χ4v) is 7.18. The number of alkyl halides is 1. The number of ether oxygens (including phenoxy) is 5. The highest BCUT2D eigenvalue weighted by Crippen LogP contribution is 2.63. The molecule has 0 aromatic carbocycles. The third-order valence-electron chi connectivity index (χ3n) is 8.83. The second-order valence-corrected chi connectivity index (χ2v) is 12.1. The lowest BCUT2D eigenvalue weighted by Crippen LogP contribution is -2.73. The van der Waals surface area contributed by atoms with Gasteiger partial charge in [-0.05, 0) is 31.9 Å². The standard InChI is InChI=1S/C28H37ClO11/c1-8-9-17(32)38-23-19-22(39-19)26(6)16(36-14(4)30)11-10-12(2)18(29)21-28(35,13(3)25(33)40-21)24(37-15(5)31)20(26)27(23,7)34/h10-11,13,16,18-24,34-35H,2,8-9H2,1,3-7H3/b11-10-/t13-,16-,18+,19+,20+,21-,22-,23+,24-,26+,27-,28-/m0/s1. The number of fused-ring (bicyclic) bond motifs is 4. The van der Waals surface area contributed by atoms with Crippen molar-refractivity contribution < 1.29 is 53.1 Å². The molecule has 40 heavy (non-hydrogen) atoms. The van der Waals surface area contributed by atoms with Crippen molar-refractivity contribution in [3.8, 4) is 0 Å². The quantitative estimate of drug-likeness (QED) is 0.210. The van der Waals surface area contributed by atoms with Crippen LogP contribution in [0.2, 0.25) is 0 Å². The topological polar surface area (TPSA) is 158 Å². The molecule has 0 amide bonds. The Bertz CT molecular complexity index is 1130. The zero-order valence-electron chi connectivity index (χ0n) is 23.4. The van der Waals surface area contributed by atoms with E-state index in [-0.39, 0.29) is 12.0 Å². The molecular formula is C28H37ClO11. The van der Waals surface area contributed by atoms with Crippen molar-refractivity contribution in [1.82, 2.24) is 0 Å². The van der Waals surface area contributed by atoms with E-state index in [0.717, 1.165) is 6.92 Å². The van der Waals surface area contributed by atoms with Gasteiger partial charge < -0.3 is 33.9 Å². The third-order valence-corrected chi connectivity index (χ3v) is 9.34. The van der Waals surface area contributed by atoms with E-state index in [1.165, 1.54) is 32.9 Å². The summed E-state index contributed by atoms with van der Waals surface area (Å²) in [5, 5.41) is 23.6. The van der Waals surface area contributed by atoms with Crippen molar-refractivity contribution in [3.63, 3.8) is 0 Å².